The van der Waals surface area contributed by atoms with Crippen molar-refractivity contribution in [2.24, 2.45) is 46.3 Å². The highest BCUT2D eigenvalue weighted by atomic mass is 32.2. The van der Waals surface area contributed by atoms with E-state index in [1.165, 1.54) is 12.1 Å². The average Bonchev–Trinajstić information content (AvgIpc) is 3.71. The van der Waals surface area contributed by atoms with Crippen LogP contribution in [0.1, 0.15) is 111 Å². The zero-order valence-electron chi connectivity index (χ0n) is 32.0. The van der Waals surface area contributed by atoms with E-state index in [0.29, 0.717) is 61.2 Å². The van der Waals surface area contributed by atoms with Gasteiger partial charge >= 0.3 is 16.9 Å². The first-order valence-electron chi connectivity index (χ1n) is 20.1. The molecule has 13 nitrogen and oxygen atoms in total. The Bertz CT molecular complexity index is 1700. The summed E-state index contributed by atoms with van der Waals surface area (Å²) in [4.78, 5) is 24.8. The normalized spacial score (nSPS) is 32.5. The number of carbonyl (C=O) groups excluding carboxylic acids is 2. The van der Waals surface area contributed by atoms with Crippen molar-refractivity contribution in [3.05, 3.63) is 35.5 Å². The second-order valence-electron chi connectivity index (χ2n) is 17.1. The van der Waals surface area contributed by atoms with Gasteiger partial charge in [0.2, 0.25) is 5.91 Å². The fourth-order valence-electron chi connectivity index (χ4n) is 11.2. The summed E-state index contributed by atoms with van der Waals surface area (Å²) in [5, 5.41) is 39.4. The third-order valence-corrected chi connectivity index (χ3v) is 15.8. The van der Waals surface area contributed by atoms with E-state index >= 15 is 0 Å². The van der Waals surface area contributed by atoms with Crippen molar-refractivity contribution >= 4 is 21.7 Å². The minimum atomic E-state index is -4.18. The first-order chi connectivity index (χ1) is 25.8. The number of hydrogen-bond donors (Lipinski definition) is 3. The summed E-state index contributed by atoms with van der Waals surface area (Å²) < 4.78 is 41.0. The van der Waals surface area contributed by atoms with Crippen LogP contribution in [0.3, 0.4) is 0 Å². The van der Waals surface area contributed by atoms with Gasteiger partial charge in [-0.3, -0.25) is 14.2 Å². The van der Waals surface area contributed by atoms with Crippen LogP contribution in [0, 0.1) is 51.5 Å². The van der Waals surface area contributed by atoms with Crippen LogP contribution in [-0.2, 0) is 24.2 Å². The first kappa shape index (κ1) is 40.4. The molecule has 1 heterocycles. The minimum absolute atomic E-state index is 0.0762. The number of benzene rings is 1. The van der Waals surface area contributed by atoms with Crippen molar-refractivity contribution in [1.82, 2.24) is 10.5 Å². The molecule has 3 N–H and O–H groups in total. The number of esters is 1. The Balaban J connectivity index is 0.849. The maximum Gasteiger partial charge on any atom is 0.414 e. The molecule has 0 spiro atoms. The van der Waals surface area contributed by atoms with Gasteiger partial charge < -0.3 is 30.2 Å². The second kappa shape index (κ2) is 16.9. The standard InChI is InChI=1S/C40H59N3O10S/c1-26(30-14-15-31-36-32(18-20-40(30,31)3)39(2)19-17-28(44)23-27(39)24-33(36)45)13-16-34(46)41-25-35(47)51-21-9-4-5-10-22-52-37-38(43(48)53-42-37)54(49,50)29-11-7-6-8-12-29/h6-8,11-12,26-28,30-33,36,44-45H,4-5,9-10,13-25H2,1-3H3,(H,41,46)/t26-,27+,28-,30-,31+,32+,33+,36?,39+,40-/m1/s1. The molecule has 0 radical (unpaired) electrons. The number of aliphatic hydroxyl groups is 2. The van der Waals surface area contributed by atoms with Gasteiger partial charge in [0.1, 0.15) is 6.54 Å². The maximum atomic E-state index is 12.9. The zero-order valence-corrected chi connectivity index (χ0v) is 32.8. The molecule has 1 aromatic heterocycles. The molecule has 2 aromatic rings. The molecule has 4 saturated carbocycles. The van der Waals surface area contributed by atoms with E-state index in [0.717, 1.165) is 64.2 Å². The largest absolute Gasteiger partial charge is 0.464 e. The summed E-state index contributed by atoms with van der Waals surface area (Å²) in [6.07, 6.45) is 11.3. The van der Waals surface area contributed by atoms with Crippen molar-refractivity contribution in [1.29, 1.82) is 0 Å². The van der Waals surface area contributed by atoms with E-state index < -0.39 is 26.7 Å². The highest BCUT2D eigenvalue weighted by Gasteiger charge is 2.62. The van der Waals surface area contributed by atoms with Crippen LogP contribution in [0.2, 0.25) is 0 Å². The number of aromatic nitrogens is 2. The van der Waals surface area contributed by atoms with E-state index in [4.69, 9.17) is 9.47 Å². The molecule has 1 aromatic carbocycles. The van der Waals surface area contributed by atoms with Crippen molar-refractivity contribution < 1.29 is 47.2 Å². The number of hydrogen-bond acceptors (Lipinski definition) is 11. The predicted molar refractivity (Wildman–Crippen MR) is 196 cm³/mol. The summed E-state index contributed by atoms with van der Waals surface area (Å²) in [5.74, 6) is 1.56. The van der Waals surface area contributed by atoms with Gasteiger partial charge in [-0.1, -0.05) is 39.0 Å². The van der Waals surface area contributed by atoms with Crippen LogP contribution in [0.25, 0.3) is 0 Å². The SMILES string of the molecule is C[C@H](CCC(=O)NCC(=O)OCCCCCCOc1no[n+]([O-])c1S(=O)(=O)c1ccccc1)[C@H]1CC[C@H]2C3[C@@H](O)C[C@@H]4C[C@H](O)CC[C@]4(C)[C@H]3CC[C@]12C. The lowest BCUT2D eigenvalue weighted by Gasteiger charge is -2.62. The van der Waals surface area contributed by atoms with Gasteiger partial charge in [-0.2, -0.15) is 0 Å². The summed E-state index contributed by atoms with van der Waals surface area (Å²) in [6.45, 7) is 7.30. The Kier molecular flexibility index (Phi) is 12.6. The molecule has 0 saturated heterocycles. The van der Waals surface area contributed by atoms with E-state index in [-0.39, 0.29) is 58.5 Å². The van der Waals surface area contributed by atoms with E-state index in [1.54, 1.807) is 18.2 Å². The number of rotatable bonds is 16. The fourth-order valence-corrected chi connectivity index (χ4v) is 12.5. The molecule has 0 bridgehead atoms. The van der Waals surface area contributed by atoms with Crippen molar-refractivity contribution in [3.8, 4) is 5.88 Å². The first-order valence-corrected chi connectivity index (χ1v) is 21.5. The Morgan fingerprint density at radius 3 is 2.46 bits per heavy atom. The summed E-state index contributed by atoms with van der Waals surface area (Å²) in [5.41, 5.74) is 0.358. The minimum Gasteiger partial charge on any atom is -0.464 e. The topological polar surface area (TPSA) is 192 Å². The number of carbonyl (C=O) groups is 2. The van der Waals surface area contributed by atoms with Crippen molar-refractivity contribution in [2.45, 2.75) is 133 Å². The van der Waals surface area contributed by atoms with Crippen molar-refractivity contribution in [3.63, 3.8) is 0 Å². The van der Waals surface area contributed by atoms with E-state index in [2.05, 4.69) is 35.9 Å². The Morgan fingerprint density at radius 2 is 1.70 bits per heavy atom. The number of fused-ring (bicyclic) bond motifs is 5. The van der Waals surface area contributed by atoms with Crippen LogP contribution in [0.5, 0.6) is 5.88 Å². The van der Waals surface area contributed by atoms with E-state index in [1.807, 2.05) is 0 Å². The van der Waals surface area contributed by atoms with Crippen LogP contribution in [-0.4, -0.2) is 67.6 Å². The lowest BCUT2D eigenvalue weighted by atomic mass is 9.43. The smallest absolute Gasteiger partial charge is 0.414 e. The third kappa shape index (κ3) is 8.30. The quantitative estimate of drug-likeness (QED) is 0.116. The summed E-state index contributed by atoms with van der Waals surface area (Å²) in [6, 6.07) is 7.49. The lowest BCUT2D eigenvalue weighted by molar-refractivity contribution is -0.832. The molecule has 0 aliphatic heterocycles. The predicted octanol–water partition coefficient (Wildman–Crippen LogP) is 5.15. The molecular formula is C40H59N3O10S. The Morgan fingerprint density at radius 1 is 1.00 bits per heavy atom. The third-order valence-electron chi connectivity index (χ3n) is 14.1. The van der Waals surface area contributed by atoms with Crippen LogP contribution in [0.15, 0.2) is 44.9 Å². The molecule has 4 aliphatic rings. The number of nitrogens with one attached hydrogen (secondary N) is 1. The zero-order chi connectivity index (χ0) is 38.7. The molecule has 1 unspecified atom stereocenters. The van der Waals surface area contributed by atoms with Crippen molar-refractivity contribution in [2.75, 3.05) is 19.8 Å². The van der Waals surface area contributed by atoms with Crippen LogP contribution >= 0.6 is 0 Å². The number of amides is 1. The van der Waals surface area contributed by atoms with Crippen LogP contribution in [0.4, 0.5) is 0 Å². The lowest BCUT2D eigenvalue weighted by Crippen LogP contribution is -2.58. The Labute approximate surface area is 319 Å². The number of ether oxygens (including phenoxy) is 2. The molecule has 54 heavy (non-hydrogen) atoms. The van der Waals surface area contributed by atoms with Gasteiger partial charge in [0.05, 0.1) is 35.5 Å². The maximum absolute atomic E-state index is 12.9. The molecule has 4 fully saturated rings. The molecule has 14 heteroatoms. The number of sulfone groups is 1. The van der Waals surface area contributed by atoms with Gasteiger partial charge in [0, 0.05) is 6.42 Å². The molecule has 6 rings (SSSR count). The Hall–Kier alpha value is -3.23. The van der Waals surface area contributed by atoms with Crippen LogP contribution < -0.4 is 15.0 Å². The number of nitrogens with zero attached hydrogens (tertiary/aromatic N) is 2. The average molecular weight is 774 g/mol. The molecular weight excluding hydrogens is 715 g/mol. The summed E-state index contributed by atoms with van der Waals surface area (Å²) >= 11 is 0. The van der Waals surface area contributed by atoms with Gasteiger partial charge in [-0.15, -0.1) is 0 Å². The van der Waals surface area contributed by atoms with Gasteiger partial charge in [-0.05, 0) is 147 Å². The number of aliphatic hydroxyl groups excluding tert-OH is 2. The van der Waals surface area contributed by atoms with E-state index in [9.17, 15) is 33.4 Å². The fraction of sp³-hybridized carbons (Fsp3) is 0.750. The number of unbranched alkanes of at least 4 members (excludes halogenated alkanes) is 3. The molecule has 4 aliphatic carbocycles. The summed E-state index contributed by atoms with van der Waals surface area (Å²) in [7, 11) is -4.18. The van der Waals surface area contributed by atoms with Gasteiger partial charge in [0.25, 0.3) is 9.84 Å². The van der Waals surface area contributed by atoms with Gasteiger partial charge in [-0.25, -0.2) is 8.42 Å². The van der Waals surface area contributed by atoms with Gasteiger partial charge in [0.15, 0.2) is 0 Å². The molecule has 10 atom stereocenters. The monoisotopic (exact) mass is 773 g/mol. The highest BCUT2D eigenvalue weighted by molar-refractivity contribution is 7.91. The molecule has 300 valence electrons. The second-order valence-corrected chi connectivity index (χ2v) is 19.0. The molecule has 1 amide bonds. The highest BCUT2D eigenvalue weighted by Crippen LogP contribution is 2.68.